The van der Waals surface area contributed by atoms with Crippen molar-refractivity contribution in [2.75, 3.05) is 0 Å². The highest BCUT2D eigenvalue weighted by Gasteiger charge is 2.34. The SMILES string of the molecule is O=[N+]([O-])c1c(-c2ccccc2)nc2n1-c1ccccc1OC2. The van der Waals surface area contributed by atoms with Crippen molar-refractivity contribution in [3.05, 3.63) is 70.5 Å². The van der Waals surface area contributed by atoms with Gasteiger partial charge in [-0.1, -0.05) is 42.5 Å². The molecule has 0 spiro atoms. The molecule has 0 N–H and O–H groups in total. The Hall–Kier alpha value is -3.15. The van der Waals surface area contributed by atoms with E-state index in [0.717, 1.165) is 0 Å². The Kier molecular flexibility index (Phi) is 2.69. The van der Waals surface area contributed by atoms with Crippen LogP contribution in [0.3, 0.4) is 0 Å². The lowest BCUT2D eigenvalue weighted by atomic mass is 10.1. The van der Waals surface area contributed by atoms with Gasteiger partial charge in [-0.3, -0.25) is 0 Å². The fraction of sp³-hybridized carbons (Fsp3) is 0.0625. The topological polar surface area (TPSA) is 70.2 Å². The molecular formula is C16H11N3O3. The molecule has 0 saturated heterocycles. The Bertz CT molecular complexity index is 872. The summed E-state index contributed by atoms with van der Waals surface area (Å²) in [7, 11) is 0. The third kappa shape index (κ3) is 1.77. The van der Waals surface area contributed by atoms with Crippen molar-refractivity contribution in [1.29, 1.82) is 0 Å². The predicted molar refractivity (Wildman–Crippen MR) is 80.0 cm³/mol. The zero-order valence-electron chi connectivity index (χ0n) is 11.5. The molecular weight excluding hydrogens is 282 g/mol. The maximum absolute atomic E-state index is 11.6. The van der Waals surface area contributed by atoms with Crippen LogP contribution in [0, 0.1) is 10.1 Å². The van der Waals surface area contributed by atoms with Crippen LogP contribution in [0.1, 0.15) is 5.82 Å². The van der Waals surface area contributed by atoms with Crippen LogP contribution in [0.5, 0.6) is 5.75 Å². The molecule has 3 aromatic rings. The first-order valence-electron chi connectivity index (χ1n) is 6.79. The van der Waals surface area contributed by atoms with Gasteiger partial charge in [0.05, 0.1) is 0 Å². The molecule has 0 fully saturated rings. The van der Waals surface area contributed by atoms with E-state index in [0.29, 0.717) is 28.5 Å². The van der Waals surface area contributed by atoms with Gasteiger partial charge in [0.2, 0.25) is 5.82 Å². The van der Waals surface area contributed by atoms with E-state index in [2.05, 4.69) is 4.98 Å². The molecule has 108 valence electrons. The van der Waals surface area contributed by atoms with E-state index in [9.17, 15) is 10.1 Å². The summed E-state index contributed by atoms with van der Waals surface area (Å²) in [5.74, 6) is 1.12. The Morgan fingerprint density at radius 2 is 1.82 bits per heavy atom. The minimum absolute atomic E-state index is 0.0306. The Morgan fingerprint density at radius 1 is 1.09 bits per heavy atom. The Morgan fingerprint density at radius 3 is 2.59 bits per heavy atom. The van der Waals surface area contributed by atoms with Gasteiger partial charge in [-0.05, 0) is 17.1 Å². The molecule has 1 aliphatic rings. The van der Waals surface area contributed by atoms with E-state index in [4.69, 9.17) is 4.74 Å². The average Bonchev–Trinajstić information content (AvgIpc) is 2.96. The molecule has 6 heteroatoms. The van der Waals surface area contributed by atoms with Gasteiger partial charge in [0.25, 0.3) is 0 Å². The van der Waals surface area contributed by atoms with Crippen molar-refractivity contribution in [2.45, 2.75) is 6.61 Å². The molecule has 22 heavy (non-hydrogen) atoms. The predicted octanol–water partition coefficient (Wildman–Crippen LogP) is 3.34. The van der Waals surface area contributed by atoms with Crippen molar-refractivity contribution in [3.8, 4) is 22.7 Å². The highest BCUT2D eigenvalue weighted by molar-refractivity contribution is 5.71. The van der Waals surface area contributed by atoms with Gasteiger partial charge in [-0.25, -0.2) is 4.98 Å². The van der Waals surface area contributed by atoms with Gasteiger partial charge in [0.1, 0.15) is 0 Å². The number of ether oxygens (including phenoxy) is 1. The first kappa shape index (κ1) is 12.6. The molecule has 2 heterocycles. The first-order valence-corrected chi connectivity index (χ1v) is 6.79. The van der Waals surface area contributed by atoms with Crippen molar-refractivity contribution < 1.29 is 9.66 Å². The van der Waals surface area contributed by atoms with Gasteiger partial charge in [-0.15, -0.1) is 0 Å². The van der Waals surface area contributed by atoms with Crippen molar-refractivity contribution in [1.82, 2.24) is 9.55 Å². The molecule has 0 radical (unpaired) electrons. The third-order valence-corrected chi connectivity index (χ3v) is 3.61. The lowest BCUT2D eigenvalue weighted by molar-refractivity contribution is -0.390. The number of imidazole rings is 1. The molecule has 0 saturated carbocycles. The molecule has 1 aromatic heterocycles. The zero-order valence-corrected chi connectivity index (χ0v) is 11.5. The molecule has 6 nitrogen and oxygen atoms in total. The second-order valence-electron chi connectivity index (χ2n) is 4.92. The van der Waals surface area contributed by atoms with E-state index in [1.54, 1.807) is 16.7 Å². The molecule has 0 unspecified atom stereocenters. The maximum Gasteiger partial charge on any atom is 0.356 e. The molecule has 4 rings (SSSR count). The van der Waals surface area contributed by atoms with Gasteiger partial charge >= 0.3 is 5.82 Å². The summed E-state index contributed by atoms with van der Waals surface area (Å²) >= 11 is 0. The largest absolute Gasteiger partial charge is 0.479 e. The lowest BCUT2D eigenvalue weighted by Crippen LogP contribution is -2.14. The second kappa shape index (κ2) is 4.70. The van der Waals surface area contributed by atoms with Crippen molar-refractivity contribution in [2.24, 2.45) is 0 Å². The fourth-order valence-electron chi connectivity index (χ4n) is 2.67. The quantitative estimate of drug-likeness (QED) is 0.536. The number of rotatable bonds is 2. The number of hydrogen-bond donors (Lipinski definition) is 0. The normalized spacial score (nSPS) is 12.2. The lowest BCUT2D eigenvalue weighted by Gasteiger charge is -2.14. The van der Waals surface area contributed by atoms with Gasteiger partial charge < -0.3 is 14.9 Å². The van der Waals surface area contributed by atoms with Crippen LogP contribution in [0.2, 0.25) is 0 Å². The highest BCUT2D eigenvalue weighted by Crippen LogP contribution is 2.38. The van der Waals surface area contributed by atoms with Gasteiger partial charge in [0.15, 0.2) is 23.7 Å². The molecule has 0 amide bonds. The molecule has 1 aliphatic heterocycles. The van der Waals surface area contributed by atoms with E-state index in [1.807, 2.05) is 42.5 Å². The summed E-state index contributed by atoms with van der Waals surface area (Å²) in [6.45, 7) is 0.213. The number of hydrogen-bond acceptors (Lipinski definition) is 4. The number of nitro groups is 1. The molecule has 2 aromatic carbocycles. The minimum Gasteiger partial charge on any atom is -0.479 e. The third-order valence-electron chi connectivity index (χ3n) is 3.61. The number of benzene rings is 2. The molecule has 0 bridgehead atoms. The Labute approximate surface area is 125 Å². The Balaban J connectivity index is 2.02. The molecule has 0 aliphatic carbocycles. The summed E-state index contributed by atoms with van der Waals surface area (Å²) in [5.41, 5.74) is 1.72. The van der Waals surface area contributed by atoms with Crippen LogP contribution in [-0.4, -0.2) is 14.5 Å². The smallest absolute Gasteiger partial charge is 0.356 e. The summed E-state index contributed by atoms with van der Waals surface area (Å²) in [5, 5.41) is 11.6. The van der Waals surface area contributed by atoms with E-state index >= 15 is 0 Å². The summed E-state index contributed by atoms with van der Waals surface area (Å²) in [6.07, 6.45) is 0. The monoisotopic (exact) mass is 293 g/mol. The number of nitrogens with zero attached hydrogens (tertiary/aromatic N) is 3. The van der Waals surface area contributed by atoms with E-state index < -0.39 is 0 Å². The first-order chi connectivity index (χ1) is 10.8. The second-order valence-corrected chi connectivity index (χ2v) is 4.92. The fourth-order valence-corrected chi connectivity index (χ4v) is 2.67. The van der Waals surface area contributed by atoms with Crippen LogP contribution in [0.25, 0.3) is 16.9 Å². The van der Waals surface area contributed by atoms with E-state index in [1.165, 1.54) is 0 Å². The van der Waals surface area contributed by atoms with Crippen LogP contribution in [0.4, 0.5) is 5.82 Å². The summed E-state index contributed by atoms with van der Waals surface area (Å²) < 4.78 is 7.20. The van der Waals surface area contributed by atoms with Crippen LogP contribution < -0.4 is 4.74 Å². The average molecular weight is 293 g/mol. The summed E-state index contributed by atoms with van der Waals surface area (Å²) in [6, 6.07) is 16.4. The van der Waals surface area contributed by atoms with Crippen molar-refractivity contribution in [3.63, 3.8) is 0 Å². The highest BCUT2D eigenvalue weighted by atomic mass is 16.6. The zero-order chi connectivity index (χ0) is 15.1. The standard InChI is InChI=1S/C16H11N3O3/c20-19(21)16-15(11-6-2-1-3-7-11)17-14-10-22-13-9-5-4-8-12(13)18(14)16/h1-9H,10H2. The van der Waals surface area contributed by atoms with Crippen molar-refractivity contribution >= 4 is 5.82 Å². The number of aromatic nitrogens is 2. The summed E-state index contributed by atoms with van der Waals surface area (Å²) in [4.78, 5) is 15.7. The van der Waals surface area contributed by atoms with Gasteiger partial charge in [0, 0.05) is 5.56 Å². The number of para-hydroxylation sites is 2. The van der Waals surface area contributed by atoms with Crippen LogP contribution in [0.15, 0.2) is 54.6 Å². The van der Waals surface area contributed by atoms with Crippen LogP contribution in [-0.2, 0) is 6.61 Å². The molecule has 0 atom stereocenters. The maximum atomic E-state index is 11.6. The van der Waals surface area contributed by atoms with E-state index in [-0.39, 0.29) is 17.3 Å². The van der Waals surface area contributed by atoms with Gasteiger partial charge in [-0.2, -0.15) is 4.57 Å². The van der Waals surface area contributed by atoms with Crippen LogP contribution >= 0.6 is 0 Å². The minimum atomic E-state index is -0.388. The number of fused-ring (bicyclic) bond motifs is 3.